The molecule has 12 heteroatoms. The van der Waals surface area contributed by atoms with Crippen LogP contribution in [0.15, 0.2) is 71.9 Å². The Kier molecular flexibility index (Phi) is 7.17. The van der Waals surface area contributed by atoms with Crippen LogP contribution in [0.5, 0.6) is 5.88 Å². The number of urea groups is 1. The molecule has 3 N–H and O–H groups in total. The summed E-state index contributed by atoms with van der Waals surface area (Å²) in [5, 5.41) is 11.8. The lowest BCUT2D eigenvalue weighted by Crippen LogP contribution is -2.48. The van der Waals surface area contributed by atoms with Gasteiger partial charge in [-0.05, 0) is 24.6 Å². The van der Waals surface area contributed by atoms with Crippen molar-refractivity contribution in [1.29, 1.82) is 0 Å². The molecule has 2 aromatic heterocycles. The summed E-state index contributed by atoms with van der Waals surface area (Å²) in [6.45, 7) is 2.92. The number of hydrogen-bond donors (Lipinski definition) is 3. The van der Waals surface area contributed by atoms with E-state index in [-0.39, 0.29) is 17.1 Å². The number of aromatic nitrogens is 3. The third-order valence-corrected chi connectivity index (χ3v) is 6.91. The van der Waals surface area contributed by atoms with Crippen molar-refractivity contribution >= 4 is 29.2 Å². The lowest BCUT2D eigenvalue weighted by Gasteiger charge is -2.16. The van der Waals surface area contributed by atoms with Gasteiger partial charge < -0.3 is 15.4 Å². The molecule has 2 aromatic carbocycles. The lowest BCUT2D eigenvalue weighted by molar-refractivity contribution is -0.117. The number of benzene rings is 2. The molecule has 0 saturated carbocycles. The van der Waals surface area contributed by atoms with E-state index in [2.05, 4.69) is 31.0 Å². The normalized spacial score (nSPS) is 15.7. The van der Waals surface area contributed by atoms with Crippen LogP contribution in [0, 0.1) is 5.82 Å². The maximum Gasteiger partial charge on any atom is 0.323 e. The molecule has 0 saturated heterocycles. The maximum absolute atomic E-state index is 14.8. The van der Waals surface area contributed by atoms with E-state index >= 15 is 0 Å². The number of nitrogens with zero attached hydrogens (tertiary/aromatic N) is 4. The zero-order valence-electron chi connectivity index (χ0n) is 22.6. The number of benzodiazepines with no additional fused rings is 1. The largest absolute Gasteiger partial charge is 0.477 e. The minimum absolute atomic E-state index is 0.0538. The predicted molar refractivity (Wildman–Crippen MR) is 152 cm³/mol. The third-order valence-electron chi connectivity index (χ3n) is 6.91. The fraction of sp³-hybridized carbons (Fsp3) is 0.200. The summed E-state index contributed by atoms with van der Waals surface area (Å²) in [6, 6.07) is 15.9. The Morgan fingerprint density at radius 1 is 1.10 bits per heavy atom. The monoisotopic (exact) mass is 567 g/mol. The smallest absolute Gasteiger partial charge is 0.323 e. The van der Waals surface area contributed by atoms with Gasteiger partial charge in [-0.2, -0.15) is 5.10 Å². The lowest BCUT2D eigenvalue weighted by atomic mass is 10.0. The first-order valence-electron chi connectivity index (χ1n) is 13.5. The summed E-state index contributed by atoms with van der Waals surface area (Å²) in [5.41, 5.74) is 3.06. The van der Waals surface area contributed by atoms with Crippen LogP contribution in [0.2, 0.25) is 0 Å². The first kappa shape index (κ1) is 26.8. The molecule has 0 fully saturated rings. The number of carbonyl (C=O) groups is 3. The highest BCUT2D eigenvalue weighted by Gasteiger charge is 2.32. The fourth-order valence-electron chi connectivity index (χ4n) is 4.86. The Labute approximate surface area is 239 Å². The molecule has 0 bridgehead atoms. The number of halogens is 1. The molecular formula is C30H26FN7O4. The van der Waals surface area contributed by atoms with Crippen molar-refractivity contribution in [3.63, 3.8) is 0 Å². The van der Waals surface area contributed by atoms with E-state index in [4.69, 9.17) is 4.74 Å². The van der Waals surface area contributed by atoms with Gasteiger partial charge in [0.15, 0.2) is 0 Å². The van der Waals surface area contributed by atoms with E-state index < -0.39 is 29.8 Å². The predicted octanol–water partition coefficient (Wildman–Crippen LogP) is 3.68. The van der Waals surface area contributed by atoms with Gasteiger partial charge in [-0.3, -0.25) is 19.9 Å². The molecule has 6 rings (SSSR count). The molecule has 0 spiro atoms. The second-order valence-corrected chi connectivity index (χ2v) is 9.67. The second kappa shape index (κ2) is 11.2. The average molecular weight is 568 g/mol. The molecule has 0 radical (unpaired) electrons. The number of carbonyl (C=O) groups excluding carboxylic acids is 3. The summed E-state index contributed by atoms with van der Waals surface area (Å²) < 4.78 is 22.1. The Hall–Kier alpha value is -5.39. The van der Waals surface area contributed by atoms with Gasteiger partial charge in [0.25, 0.3) is 11.8 Å². The van der Waals surface area contributed by atoms with E-state index in [1.807, 2.05) is 25.1 Å². The van der Waals surface area contributed by atoms with E-state index in [1.165, 1.54) is 12.1 Å². The zero-order chi connectivity index (χ0) is 29.2. The standard InChI is InChI=1S/C30H26FN7O4/c1-2-19-13-12-18(16-32-19)24-22(29-38(37-24)14-7-15-42-29)27(39)36-30(41)35-26-28(40)34-25-20(10-6-11-21(25)31)23(33-26)17-8-4-3-5-9-17/h3-6,8-13,16,26H,2,7,14-15H2,1H3,(H,34,40)(H2,35,36,39,41)/t26-/m1/s1. The zero-order valence-corrected chi connectivity index (χ0v) is 22.6. The third kappa shape index (κ3) is 5.09. The average Bonchev–Trinajstić information content (AvgIpc) is 3.34. The van der Waals surface area contributed by atoms with Crippen LogP contribution in [0.1, 0.15) is 40.5 Å². The van der Waals surface area contributed by atoms with Crippen LogP contribution in [0.3, 0.4) is 0 Å². The molecule has 11 nitrogen and oxygen atoms in total. The Morgan fingerprint density at radius 2 is 1.93 bits per heavy atom. The van der Waals surface area contributed by atoms with E-state index in [9.17, 15) is 18.8 Å². The van der Waals surface area contributed by atoms with Gasteiger partial charge in [-0.1, -0.05) is 49.4 Å². The van der Waals surface area contributed by atoms with Gasteiger partial charge >= 0.3 is 6.03 Å². The molecule has 1 atom stereocenters. The van der Waals surface area contributed by atoms with Gasteiger partial charge in [0.05, 0.1) is 18.0 Å². The number of nitrogens with one attached hydrogen (secondary N) is 3. The summed E-state index contributed by atoms with van der Waals surface area (Å²) in [6.07, 6.45) is 1.61. The maximum atomic E-state index is 14.8. The number of rotatable bonds is 5. The number of aliphatic imine (C=N–C) groups is 1. The van der Waals surface area contributed by atoms with Crippen LogP contribution in [0.4, 0.5) is 14.9 Å². The molecule has 2 aliphatic rings. The minimum Gasteiger partial charge on any atom is -0.477 e. The minimum atomic E-state index is -1.47. The molecule has 42 heavy (non-hydrogen) atoms. The van der Waals surface area contributed by atoms with Gasteiger partial charge in [0, 0.05) is 41.5 Å². The van der Waals surface area contributed by atoms with Crippen molar-refractivity contribution in [1.82, 2.24) is 25.4 Å². The number of para-hydroxylation sites is 1. The fourth-order valence-corrected chi connectivity index (χ4v) is 4.86. The number of ether oxygens (including phenoxy) is 1. The van der Waals surface area contributed by atoms with Crippen molar-refractivity contribution in [2.24, 2.45) is 4.99 Å². The number of fused-ring (bicyclic) bond motifs is 2. The van der Waals surface area contributed by atoms with Crippen molar-refractivity contribution < 1.29 is 23.5 Å². The SMILES string of the molecule is CCc1ccc(-c2nn3c(c2C(=O)NC(=O)N[C@H]2N=C(c4ccccc4)c4cccc(F)c4NC2=O)OCCC3)cn1. The van der Waals surface area contributed by atoms with Gasteiger partial charge in [0.1, 0.15) is 17.1 Å². The van der Waals surface area contributed by atoms with E-state index in [1.54, 1.807) is 41.2 Å². The number of aryl methyl sites for hydroxylation is 2. The van der Waals surface area contributed by atoms with Gasteiger partial charge in [0.2, 0.25) is 12.0 Å². The van der Waals surface area contributed by atoms with Crippen LogP contribution in [0.25, 0.3) is 11.3 Å². The number of hydrogen-bond acceptors (Lipinski definition) is 7. The van der Waals surface area contributed by atoms with Crippen LogP contribution in [-0.4, -0.2) is 51.1 Å². The first-order chi connectivity index (χ1) is 20.4. The number of amides is 4. The summed E-state index contributed by atoms with van der Waals surface area (Å²) in [7, 11) is 0. The van der Waals surface area contributed by atoms with Crippen LogP contribution < -0.4 is 20.7 Å². The molecular weight excluding hydrogens is 541 g/mol. The molecule has 4 amide bonds. The molecule has 4 aromatic rings. The topological polar surface area (TPSA) is 140 Å². The number of anilines is 1. The molecule has 0 aliphatic carbocycles. The van der Waals surface area contributed by atoms with Crippen LogP contribution in [-0.2, 0) is 17.8 Å². The summed E-state index contributed by atoms with van der Waals surface area (Å²) >= 11 is 0. The Morgan fingerprint density at radius 3 is 2.69 bits per heavy atom. The Balaban J connectivity index is 1.29. The van der Waals surface area contributed by atoms with Crippen molar-refractivity contribution in [2.45, 2.75) is 32.5 Å². The Bertz CT molecular complexity index is 1720. The molecule has 2 aliphatic heterocycles. The van der Waals surface area contributed by atoms with Gasteiger partial charge in [-0.25, -0.2) is 18.9 Å². The van der Waals surface area contributed by atoms with E-state index in [0.717, 1.165) is 12.1 Å². The highest BCUT2D eigenvalue weighted by molar-refractivity contribution is 6.20. The second-order valence-electron chi connectivity index (χ2n) is 9.67. The quantitative estimate of drug-likeness (QED) is 0.336. The van der Waals surface area contributed by atoms with Crippen LogP contribution >= 0.6 is 0 Å². The number of pyridine rings is 1. The highest BCUT2D eigenvalue weighted by Crippen LogP contribution is 2.32. The summed E-state index contributed by atoms with van der Waals surface area (Å²) in [5.74, 6) is -1.96. The van der Waals surface area contributed by atoms with Gasteiger partial charge in [-0.15, -0.1) is 0 Å². The molecule has 0 unspecified atom stereocenters. The van der Waals surface area contributed by atoms with Crippen molar-refractivity contribution in [3.8, 4) is 17.1 Å². The van der Waals surface area contributed by atoms with Crippen molar-refractivity contribution in [3.05, 3.63) is 95.1 Å². The van der Waals surface area contributed by atoms with Crippen molar-refractivity contribution in [2.75, 3.05) is 11.9 Å². The highest BCUT2D eigenvalue weighted by atomic mass is 19.1. The number of imide groups is 1. The molecule has 212 valence electrons. The first-order valence-corrected chi connectivity index (χ1v) is 13.5. The van der Waals surface area contributed by atoms with E-state index in [0.29, 0.717) is 47.7 Å². The summed E-state index contributed by atoms with van der Waals surface area (Å²) in [4.78, 5) is 48.6. The molecule has 4 heterocycles.